The molecule has 3 nitrogen and oxygen atoms in total. The first-order chi connectivity index (χ1) is 66.1. The van der Waals surface area contributed by atoms with Crippen LogP contribution >= 0.6 is 11.3 Å². The average molecular weight is 1720 g/mol. The van der Waals surface area contributed by atoms with E-state index in [2.05, 4.69) is 470 Å². The van der Waals surface area contributed by atoms with E-state index in [-0.39, 0.29) is 5.41 Å². The average Bonchev–Trinajstić information content (AvgIpc) is 1.54. The maximum atomic E-state index is 2.52. The van der Waals surface area contributed by atoms with Gasteiger partial charge in [-0.15, -0.1) is 11.3 Å². The molecule has 2 aliphatic carbocycles. The first kappa shape index (κ1) is 74.1. The summed E-state index contributed by atoms with van der Waals surface area (Å²) in [4.78, 5) is 0. The molecular weight excluding hydrogens is 1640 g/mol. The van der Waals surface area contributed by atoms with Crippen LogP contribution < -0.4 is 0 Å². The molecule has 0 spiro atoms. The summed E-state index contributed by atoms with van der Waals surface area (Å²) in [5, 5.41) is 33.8. The van der Waals surface area contributed by atoms with Crippen LogP contribution in [0.5, 0.6) is 0 Å². The van der Waals surface area contributed by atoms with Crippen LogP contribution in [0.1, 0.15) is 47.2 Å². The fraction of sp³-hybridized carbons (Fsp3) is 0.0308. The van der Waals surface area contributed by atoms with Crippen LogP contribution in [0.2, 0.25) is 0 Å². The molecule has 0 atom stereocenters. The zero-order chi connectivity index (χ0) is 87.7. The van der Waals surface area contributed by atoms with Gasteiger partial charge in [-0.3, -0.25) is 0 Å². The highest BCUT2D eigenvalue weighted by Crippen LogP contribution is 2.59. The quantitative estimate of drug-likeness (QED) is 0.163. The molecule has 4 heteroatoms. The van der Waals surface area contributed by atoms with Crippen molar-refractivity contribution in [1.29, 1.82) is 0 Å². The zero-order valence-electron chi connectivity index (χ0n) is 73.4. The number of benzene rings is 23. The predicted molar refractivity (Wildman–Crippen MR) is 572 cm³/mol. The summed E-state index contributed by atoms with van der Waals surface area (Å²) in [6.45, 7) is 4.73. The number of hydrogen-bond donors (Lipinski definition) is 0. The first-order valence-corrected chi connectivity index (χ1v) is 47.6. The number of nitrogens with zero attached hydrogens (tertiary/aromatic N) is 3. The van der Waals surface area contributed by atoms with Crippen LogP contribution in [0, 0.1) is 0 Å². The lowest BCUT2D eigenvalue weighted by atomic mass is 9.67. The highest BCUT2D eigenvalue weighted by Gasteiger charge is 2.46. The first-order valence-electron chi connectivity index (χ1n) is 46.8. The van der Waals surface area contributed by atoms with Gasteiger partial charge in [0.1, 0.15) is 0 Å². The van der Waals surface area contributed by atoms with Crippen LogP contribution in [0.3, 0.4) is 0 Å². The van der Waals surface area contributed by atoms with E-state index in [4.69, 9.17) is 0 Å². The highest BCUT2D eigenvalue weighted by molar-refractivity contribution is 7.25. The van der Waals surface area contributed by atoms with Crippen molar-refractivity contribution < 1.29 is 0 Å². The molecule has 0 amide bonds. The Bertz CT molecular complexity index is 9920. The molecule has 0 fully saturated rings. The van der Waals surface area contributed by atoms with Gasteiger partial charge in [0.2, 0.25) is 0 Å². The zero-order valence-corrected chi connectivity index (χ0v) is 74.2. The molecule has 32 rings (SSSR count). The normalized spacial score (nSPS) is 13.4. The molecule has 620 valence electrons. The van der Waals surface area contributed by atoms with Gasteiger partial charge in [0, 0.05) is 90.2 Å². The Morgan fingerprint density at radius 1 is 0.179 bits per heavy atom. The van der Waals surface area contributed by atoms with Crippen molar-refractivity contribution >= 4 is 210 Å². The van der Waals surface area contributed by atoms with Crippen molar-refractivity contribution in [2.45, 2.75) is 24.7 Å². The van der Waals surface area contributed by atoms with E-state index in [1.54, 1.807) is 0 Å². The SMILES string of the molecule is CC1(C)c2ccccc2-c2c(-c3cc4c5cc6ccccc6cc5n5c6cc7ccccc7cc6c(c3)c45)cccc21.c1ccc(C2(c3ccccc3)c3ccccc3-c3ccc(-c4cc5c6cc7ccccc7cc6n6c7cc8ccccc8cc7c(c4)c56)cc32)cc1.c1ccc2cc3c(cc2c1)c1cc(-c2ccc4sc5ccccc5c4c2)cc2c4cc5ccccc5cc4n3c12. The van der Waals surface area contributed by atoms with E-state index in [0.717, 1.165) is 0 Å². The molecule has 7 aromatic heterocycles. The molecule has 30 aromatic rings. The molecule has 0 aliphatic heterocycles. The highest BCUT2D eigenvalue weighted by atomic mass is 32.1. The van der Waals surface area contributed by atoms with Crippen LogP contribution in [0.15, 0.2) is 443 Å². The Morgan fingerprint density at radius 3 is 0.896 bits per heavy atom. The number of fused-ring (bicyclic) bond motifs is 33. The summed E-state index contributed by atoms with van der Waals surface area (Å²) in [5.41, 5.74) is 32.2. The van der Waals surface area contributed by atoms with Crippen LogP contribution in [0.4, 0.5) is 0 Å². The van der Waals surface area contributed by atoms with Gasteiger partial charge in [0.15, 0.2) is 0 Å². The summed E-state index contributed by atoms with van der Waals surface area (Å²) < 4.78 is 10.2. The van der Waals surface area contributed by atoms with Gasteiger partial charge in [-0.2, -0.15) is 0 Å². The third-order valence-electron chi connectivity index (χ3n) is 30.8. The summed E-state index contributed by atoms with van der Waals surface area (Å²) >= 11 is 1.88. The lowest BCUT2D eigenvalue weighted by molar-refractivity contribution is 0.660. The van der Waals surface area contributed by atoms with Crippen molar-refractivity contribution in [2.75, 3.05) is 0 Å². The third kappa shape index (κ3) is 10.3. The van der Waals surface area contributed by atoms with Gasteiger partial charge in [-0.25, -0.2) is 0 Å². The van der Waals surface area contributed by atoms with Gasteiger partial charge in [-0.1, -0.05) is 323 Å². The minimum Gasteiger partial charge on any atom is -0.308 e. The molecule has 7 heterocycles. The summed E-state index contributed by atoms with van der Waals surface area (Å²) in [5.74, 6) is 0. The lowest BCUT2D eigenvalue weighted by Gasteiger charge is -2.34. The number of thiophene rings is 1. The van der Waals surface area contributed by atoms with E-state index in [0.29, 0.717) is 0 Å². The maximum Gasteiger partial charge on any atom is 0.0713 e. The van der Waals surface area contributed by atoms with Crippen molar-refractivity contribution in [1.82, 2.24) is 13.2 Å². The van der Waals surface area contributed by atoms with Crippen LogP contribution in [-0.2, 0) is 10.8 Å². The standard InChI is InChI=1S/C51H31N.C41H27N.C38H21NS/c1-3-17-38(18-4-1)51(39-19-5-2-6-20-39)46-22-12-11-21-40(46)41-24-23-36(29-47(41)51)37-27-44-42-25-32-13-7-9-15-34(32)30-48(42)52-49-31-35-16-10-8-14-33(35)26-43(49)45(28-37)50(44)52;1-41(2)35-16-8-7-14-30(35)39-29(15-9-17-36(39)41)28-20-33-31-18-24-10-3-5-12-26(24)22-37(31)42-38-23-27-13-6-4-11-25(27)19-32(38)34(21-28)40(33)42;1-3-9-24-20-34-29(15-22(24)7-1)32-18-27(26-13-14-37-31(17-26)28-11-5-6-12-36(28)40-37)19-33-30-16-23-8-2-4-10-25(23)21-35(30)39(34)38(32)33/h1-31H;3-23H,1-2H3;1-21H. The molecule has 0 saturated heterocycles. The Labute approximate surface area is 774 Å². The lowest BCUT2D eigenvalue weighted by Crippen LogP contribution is -2.28. The third-order valence-corrected chi connectivity index (χ3v) is 31.9. The molecule has 0 saturated carbocycles. The second-order valence-electron chi connectivity index (χ2n) is 38.1. The second kappa shape index (κ2) is 27.4. The number of rotatable bonds is 5. The molecule has 0 bridgehead atoms. The molecule has 0 radical (unpaired) electrons. The van der Waals surface area contributed by atoms with Gasteiger partial charge < -0.3 is 13.2 Å². The van der Waals surface area contributed by atoms with E-state index < -0.39 is 5.41 Å². The van der Waals surface area contributed by atoms with E-state index in [9.17, 15) is 0 Å². The van der Waals surface area contributed by atoms with Crippen molar-refractivity contribution in [3.63, 3.8) is 0 Å². The fourth-order valence-corrected chi connectivity index (χ4v) is 25.8. The van der Waals surface area contributed by atoms with Crippen LogP contribution in [0.25, 0.3) is 255 Å². The summed E-state index contributed by atoms with van der Waals surface area (Å²) in [6.07, 6.45) is 0. The van der Waals surface area contributed by atoms with E-state index in [1.165, 1.54) is 288 Å². The smallest absolute Gasteiger partial charge is 0.0713 e. The minimum atomic E-state index is -0.439. The van der Waals surface area contributed by atoms with Gasteiger partial charge in [0.05, 0.1) is 55.1 Å². The van der Waals surface area contributed by atoms with Gasteiger partial charge in [0.25, 0.3) is 0 Å². The fourth-order valence-electron chi connectivity index (χ4n) is 24.8. The predicted octanol–water partition coefficient (Wildman–Crippen LogP) is 35.5. The second-order valence-corrected chi connectivity index (χ2v) is 39.1. The van der Waals surface area contributed by atoms with Gasteiger partial charge in [-0.05, 0) is 287 Å². The van der Waals surface area contributed by atoms with Crippen LogP contribution in [-0.4, -0.2) is 13.2 Å². The Hall–Kier alpha value is -16.8. The van der Waals surface area contributed by atoms with Crippen molar-refractivity contribution in [2.24, 2.45) is 0 Å². The molecule has 23 aromatic carbocycles. The number of hydrogen-bond acceptors (Lipinski definition) is 1. The topological polar surface area (TPSA) is 13.2 Å². The Balaban J connectivity index is 0.0000000970. The molecule has 0 N–H and O–H groups in total. The Morgan fingerprint density at radius 2 is 0.478 bits per heavy atom. The number of aromatic nitrogens is 3. The molecule has 2 aliphatic rings. The summed E-state index contributed by atoms with van der Waals surface area (Å²) in [6, 6.07) is 166. The molecule has 0 unspecified atom stereocenters. The van der Waals surface area contributed by atoms with E-state index >= 15 is 0 Å². The summed E-state index contributed by atoms with van der Waals surface area (Å²) in [7, 11) is 0. The monoisotopic (exact) mass is 1710 g/mol. The minimum absolute atomic E-state index is 0.0245. The van der Waals surface area contributed by atoms with Crippen molar-refractivity contribution in [3.8, 4) is 55.6 Å². The van der Waals surface area contributed by atoms with E-state index in [1.807, 2.05) is 11.3 Å². The maximum absolute atomic E-state index is 2.52. The van der Waals surface area contributed by atoms with Crippen molar-refractivity contribution in [3.05, 3.63) is 476 Å². The molecular formula is C130H79N3S. The largest absolute Gasteiger partial charge is 0.308 e. The van der Waals surface area contributed by atoms with Gasteiger partial charge >= 0.3 is 0 Å². The Kier molecular flexibility index (Phi) is 15.2. The molecule has 134 heavy (non-hydrogen) atoms.